The van der Waals surface area contributed by atoms with Gasteiger partial charge in [0.25, 0.3) is 5.91 Å². The molecule has 0 unspecified atom stereocenters. The van der Waals surface area contributed by atoms with E-state index in [1.54, 1.807) is 28.8 Å². The van der Waals surface area contributed by atoms with Crippen molar-refractivity contribution in [3.8, 4) is 0 Å². The van der Waals surface area contributed by atoms with Crippen molar-refractivity contribution in [3.63, 3.8) is 0 Å². The molecule has 1 aliphatic heterocycles. The number of carbonyl (C=O) groups is 2. The highest BCUT2D eigenvalue weighted by atomic mass is 32.2. The summed E-state index contributed by atoms with van der Waals surface area (Å²) in [5.74, 6) is -0.772. The number of para-hydroxylation sites is 2. The van der Waals surface area contributed by atoms with Crippen LogP contribution in [0.4, 0.5) is 11.4 Å². The number of amides is 1. The molecule has 27 heavy (non-hydrogen) atoms. The predicted octanol–water partition coefficient (Wildman–Crippen LogP) is 4.98. The van der Waals surface area contributed by atoms with Gasteiger partial charge in [-0.2, -0.15) is 0 Å². The van der Waals surface area contributed by atoms with E-state index in [0.717, 1.165) is 26.7 Å². The fraction of sp³-hybridized carbons (Fsp3) is 0.0909. The maximum absolute atomic E-state index is 13.0. The molecule has 4 nitrogen and oxygen atoms in total. The van der Waals surface area contributed by atoms with E-state index < -0.39 is 5.97 Å². The molecule has 0 fully saturated rings. The Hall–Kier alpha value is -3.05. The molecule has 1 heterocycles. The summed E-state index contributed by atoms with van der Waals surface area (Å²) in [5, 5.41) is 0. The monoisotopic (exact) mass is 375 g/mol. The SMILES string of the molecule is Cc1ccccc1C(=O)OCC(=O)N1c2ccccc2Sc2ccccc21. The van der Waals surface area contributed by atoms with E-state index >= 15 is 0 Å². The molecule has 0 aromatic heterocycles. The molecule has 134 valence electrons. The van der Waals surface area contributed by atoms with Gasteiger partial charge in [0, 0.05) is 9.79 Å². The van der Waals surface area contributed by atoms with Crippen molar-refractivity contribution in [3.05, 3.63) is 83.9 Å². The van der Waals surface area contributed by atoms with Gasteiger partial charge < -0.3 is 4.74 Å². The molecular weight excluding hydrogens is 358 g/mol. The van der Waals surface area contributed by atoms with Crippen LogP contribution in [0.2, 0.25) is 0 Å². The number of rotatable bonds is 3. The van der Waals surface area contributed by atoms with Crippen LogP contribution in [0.15, 0.2) is 82.6 Å². The summed E-state index contributed by atoms with van der Waals surface area (Å²) in [6, 6.07) is 22.6. The topological polar surface area (TPSA) is 46.6 Å². The Labute approximate surface area is 161 Å². The zero-order valence-electron chi connectivity index (χ0n) is 14.7. The number of hydrogen-bond donors (Lipinski definition) is 0. The maximum atomic E-state index is 13.0. The Morgan fingerprint density at radius 2 is 1.41 bits per heavy atom. The Bertz CT molecular complexity index is 986. The minimum absolute atomic E-state index is 0.280. The average Bonchev–Trinajstić information content (AvgIpc) is 2.70. The summed E-state index contributed by atoms with van der Waals surface area (Å²) >= 11 is 1.63. The van der Waals surface area contributed by atoms with Crippen molar-refractivity contribution >= 4 is 35.0 Å². The van der Waals surface area contributed by atoms with Gasteiger partial charge in [0.1, 0.15) is 0 Å². The van der Waals surface area contributed by atoms with E-state index in [0.29, 0.717) is 5.56 Å². The first kappa shape index (κ1) is 17.4. The molecule has 0 atom stereocenters. The highest BCUT2D eigenvalue weighted by molar-refractivity contribution is 7.99. The summed E-state index contributed by atoms with van der Waals surface area (Å²) in [5.41, 5.74) is 2.90. The summed E-state index contributed by atoms with van der Waals surface area (Å²) in [6.07, 6.45) is 0. The van der Waals surface area contributed by atoms with E-state index in [-0.39, 0.29) is 12.5 Å². The minimum Gasteiger partial charge on any atom is -0.452 e. The number of fused-ring (bicyclic) bond motifs is 2. The number of carbonyl (C=O) groups excluding carboxylic acids is 2. The quantitative estimate of drug-likeness (QED) is 0.606. The van der Waals surface area contributed by atoms with Crippen molar-refractivity contribution < 1.29 is 14.3 Å². The van der Waals surface area contributed by atoms with Gasteiger partial charge in [-0.1, -0.05) is 54.2 Å². The summed E-state index contributed by atoms with van der Waals surface area (Å²) in [7, 11) is 0. The van der Waals surface area contributed by atoms with Crippen molar-refractivity contribution in [2.24, 2.45) is 0 Å². The van der Waals surface area contributed by atoms with E-state index in [2.05, 4.69) is 0 Å². The smallest absolute Gasteiger partial charge is 0.338 e. The molecule has 0 saturated heterocycles. The molecule has 0 saturated carbocycles. The number of nitrogens with zero attached hydrogens (tertiary/aromatic N) is 1. The van der Waals surface area contributed by atoms with Gasteiger partial charge in [-0.15, -0.1) is 0 Å². The Balaban J connectivity index is 1.59. The van der Waals surface area contributed by atoms with Gasteiger partial charge in [0.2, 0.25) is 0 Å². The molecular formula is C22H17NO3S. The fourth-order valence-corrected chi connectivity index (χ4v) is 4.10. The zero-order chi connectivity index (χ0) is 18.8. The second-order valence-electron chi connectivity index (χ2n) is 6.16. The second kappa shape index (κ2) is 7.29. The van der Waals surface area contributed by atoms with Crippen LogP contribution < -0.4 is 4.90 Å². The number of ether oxygens (including phenoxy) is 1. The van der Waals surface area contributed by atoms with Crippen LogP contribution in [0, 0.1) is 6.92 Å². The van der Waals surface area contributed by atoms with Gasteiger partial charge in [-0.3, -0.25) is 9.69 Å². The molecule has 4 rings (SSSR count). The first-order chi connectivity index (χ1) is 13.1. The molecule has 0 spiro atoms. The molecule has 0 aliphatic carbocycles. The highest BCUT2D eigenvalue weighted by Gasteiger charge is 2.28. The standard InChI is InChI=1S/C22H17NO3S/c1-15-8-2-3-9-16(15)22(25)26-14-21(24)23-17-10-4-6-12-19(17)27-20-13-7-5-11-18(20)23/h2-13H,14H2,1H3. The molecule has 5 heteroatoms. The molecule has 0 radical (unpaired) electrons. The van der Waals surface area contributed by atoms with Crippen LogP contribution in [-0.4, -0.2) is 18.5 Å². The van der Waals surface area contributed by atoms with E-state index in [1.807, 2.05) is 67.6 Å². The normalized spacial score (nSPS) is 12.1. The third kappa shape index (κ3) is 3.34. The third-order valence-corrected chi connectivity index (χ3v) is 5.50. The van der Waals surface area contributed by atoms with Crippen molar-refractivity contribution in [2.45, 2.75) is 16.7 Å². The van der Waals surface area contributed by atoms with Gasteiger partial charge in [-0.05, 0) is 42.8 Å². The van der Waals surface area contributed by atoms with Crippen LogP contribution >= 0.6 is 11.8 Å². The molecule has 3 aromatic carbocycles. The third-order valence-electron chi connectivity index (χ3n) is 4.37. The first-order valence-corrected chi connectivity index (χ1v) is 9.38. The van der Waals surface area contributed by atoms with Crippen LogP contribution in [0.5, 0.6) is 0 Å². The van der Waals surface area contributed by atoms with Gasteiger partial charge in [0.05, 0.1) is 16.9 Å². The second-order valence-corrected chi connectivity index (χ2v) is 7.24. The lowest BCUT2D eigenvalue weighted by Gasteiger charge is -2.30. The lowest BCUT2D eigenvalue weighted by Crippen LogP contribution is -2.32. The van der Waals surface area contributed by atoms with Crippen LogP contribution in [0.3, 0.4) is 0 Å². The average molecular weight is 375 g/mol. The Morgan fingerprint density at radius 1 is 0.852 bits per heavy atom. The molecule has 0 N–H and O–H groups in total. The number of aryl methyl sites for hydroxylation is 1. The van der Waals surface area contributed by atoms with Crippen molar-refractivity contribution in [1.82, 2.24) is 0 Å². The van der Waals surface area contributed by atoms with Crippen molar-refractivity contribution in [2.75, 3.05) is 11.5 Å². The maximum Gasteiger partial charge on any atom is 0.338 e. The van der Waals surface area contributed by atoms with Crippen molar-refractivity contribution in [1.29, 1.82) is 0 Å². The van der Waals surface area contributed by atoms with Gasteiger partial charge in [0.15, 0.2) is 6.61 Å². The van der Waals surface area contributed by atoms with E-state index in [4.69, 9.17) is 4.74 Å². The number of hydrogen-bond acceptors (Lipinski definition) is 4. The summed E-state index contributed by atoms with van der Waals surface area (Å²) in [6.45, 7) is 1.52. The van der Waals surface area contributed by atoms with E-state index in [1.165, 1.54) is 0 Å². The highest BCUT2D eigenvalue weighted by Crippen LogP contribution is 2.47. The predicted molar refractivity (Wildman–Crippen MR) is 106 cm³/mol. The first-order valence-electron chi connectivity index (χ1n) is 8.57. The zero-order valence-corrected chi connectivity index (χ0v) is 15.5. The van der Waals surface area contributed by atoms with Gasteiger partial charge in [-0.25, -0.2) is 4.79 Å². The number of anilines is 2. The van der Waals surface area contributed by atoms with E-state index in [9.17, 15) is 9.59 Å². The van der Waals surface area contributed by atoms with Crippen LogP contribution in [0.25, 0.3) is 0 Å². The minimum atomic E-state index is -0.491. The molecule has 1 amide bonds. The number of esters is 1. The molecule has 0 bridgehead atoms. The lowest BCUT2D eigenvalue weighted by atomic mass is 10.1. The van der Waals surface area contributed by atoms with Crippen LogP contribution in [0.1, 0.15) is 15.9 Å². The Kier molecular flexibility index (Phi) is 4.69. The Morgan fingerprint density at radius 3 is 2.04 bits per heavy atom. The largest absolute Gasteiger partial charge is 0.452 e. The summed E-state index contributed by atoms with van der Waals surface area (Å²) in [4.78, 5) is 29.0. The molecule has 3 aromatic rings. The van der Waals surface area contributed by atoms with Crippen LogP contribution in [-0.2, 0) is 9.53 Å². The van der Waals surface area contributed by atoms with Gasteiger partial charge >= 0.3 is 5.97 Å². The molecule has 1 aliphatic rings. The fourth-order valence-electron chi connectivity index (χ4n) is 3.04. The number of benzene rings is 3. The summed E-state index contributed by atoms with van der Waals surface area (Å²) < 4.78 is 5.32. The lowest BCUT2D eigenvalue weighted by molar-refractivity contribution is -0.121.